The van der Waals surface area contributed by atoms with E-state index in [9.17, 15) is 9.59 Å². The number of fused-ring (bicyclic) bond motifs is 1. The van der Waals surface area contributed by atoms with Crippen LogP contribution in [0.5, 0.6) is 0 Å². The Balaban J connectivity index is 1.50. The number of benzene rings is 3. The molecule has 0 atom stereocenters. The quantitative estimate of drug-likeness (QED) is 0.230. The number of hydrogen-bond acceptors (Lipinski definition) is 5. The molecule has 2 amide bonds. The Kier molecular flexibility index (Phi) is 9.07. The van der Waals surface area contributed by atoms with Gasteiger partial charge in [0.15, 0.2) is 5.82 Å². The van der Waals surface area contributed by atoms with Crippen LogP contribution in [0.15, 0.2) is 96.5 Å². The van der Waals surface area contributed by atoms with Crippen molar-refractivity contribution in [2.45, 2.75) is 34.1 Å². The van der Waals surface area contributed by atoms with E-state index in [-0.39, 0.29) is 11.8 Å². The summed E-state index contributed by atoms with van der Waals surface area (Å²) in [6, 6.07) is 22.2. The molecule has 0 saturated carbocycles. The number of hydrogen-bond donors (Lipinski definition) is 1. The molecule has 1 N–H and O–H groups in total. The molecule has 0 aliphatic heterocycles. The van der Waals surface area contributed by atoms with Crippen molar-refractivity contribution in [2.24, 2.45) is 0 Å². The molecule has 0 aliphatic rings. The molecule has 0 bridgehead atoms. The lowest BCUT2D eigenvalue weighted by molar-refractivity contribution is 0.0792. The number of anilines is 1. The number of carbonyl (C=O) groups is 2. The first-order valence-electron chi connectivity index (χ1n) is 13.2. The van der Waals surface area contributed by atoms with Crippen LogP contribution in [0.25, 0.3) is 22.3 Å². The zero-order valence-electron chi connectivity index (χ0n) is 23.6. The van der Waals surface area contributed by atoms with Crippen molar-refractivity contribution in [3.8, 4) is 11.4 Å². The van der Waals surface area contributed by atoms with Crippen molar-refractivity contribution in [3.63, 3.8) is 0 Å². The Morgan fingerprint density at radius 2 is 1.65 bits per heavy atom. The van der Waals surface area contributed by atoms with E-state index < -0.39 is 0 Å². The maximum atomic E-state index is 13.4. The lowest BCUT2D eigenvalue weighted by Gasteiger charge is -2.19. The Labute approximate surface area is 235 Å². The highest BCUT2D eigenvalue weighted by atomic mass is 16.5. The van der Waals surface area contributed by atoms with Crippen molar-refractivity contribution in [1.82, 2.24) is 14.9 Å². The van der Waals surface area contributed by atoms with Gasteiger partial charge in [0.25, 0.3) is 11.8 Å². The molecule has 0 radical (unpaired) electrons. The smallest absolute Gasteiger partial charge is 0.275 e. The molecule has 0 saturated heterocycles. The van der Waals surface area contributed by atoms with Gasteiger partial charge in [-0.25, -0.2) is 9.97 Å². The number of para-hydroxylation sites is 1. The first kappa shape index (κ1) is 28.2. The van der Waals surface area contributed by atoms with E-state index in [0.29, 0.717) is 46.6 Å². The minimum absolute atomic E-state index is 0.110. The summed E-state index contributed by atoms with van der Waals surface area (Å²) < 4.78 is 5.65. The number of aryl methyl sites for hydroxylation is 1. The molecular formula is C33H34N4O3. The fourth-order valence-electron chi connectivity index (χ4n) is 4.25. The summed E-state index contributed by atoms with van der Waals surface area (Å²) in [7, 11) is 1.77. The number of aromatic nitrogens is 2. The van der Waals surface area contributed by atoms with Crippen LogP contribution < -0.4 is 5.32 Å². The molecule has 4 rings (SSSR count). The van der Waals surface area contributed by atoms with Gasteiger partial charge in [-0.15, -0.1) is 0 Å². The summed E-state index contributed by atoms with van der Waals surface area (Å²) in [5.41, 5.74) is 5.05. The average Bonchev–Trinajstić information content (AvgIpc) is 2.96. The lowest BCUT2D eigenvalue weighted by atomic mass is 10.1. The number of carbonyl (C=O) groups excluding carboxylic acids is 2. The van der Waals surface area contributed by atoms with Gasteiger partial charge >= 0.3 is 0 Å². The molecular weight excluding hydrogens is 500 g/mol. The number of ether oxygens (including phenoxy) is 1. The third kappa shape index (κ3) is 6.61. The average molecular weight is 535 g/mol. The van der Waals surface area contributed by atoms with Crippen LogP contribution in [0.2, 0.25) is 0 Å². The standard InChI is InChI=1S/C33H34N4O3/c1-6-21-40-29(22(2)3)19-20-37(5)33(39)24-15-17-25(18-16-24)34-32(38)30-27-13-9-10-14-28(27)35-31(36-30)26-12-8-7-11-23(26)4/h6-18,21H,19-20H2,1-5H3,(H,34,38)/b21-6-. The predicted octanol–water partition coefficient (Wildman–Crippen LogP) is 7.16. The highest BCUT2D eigenvalue weighted by molar-refractivity contribution is 6.11. The van der Waals surface area contributed by atoms with Crippen LogP contribution in [0.4, 0.5) is 5.69 Å². The number of rotatable bonds is 9. The maximum Gasteiger partial charge on any atom is 0.275 e. The minimum Gasteiger partial charge on any atom is -0.470 e. The number of amides is 2. The van der Waals surface area contributed by atoms with E-state index >= 15 is 0 Å². The number of nitrogens with one attached hydrogen (secondary N) is 1. The molecule has 1 aromatic heterocycles. The molecule has 4 aromatic rings. The summed E-state index contributed by atoms with van der Waals surface area (Å²) in [6.07, 6.45) is 4.08. The van der Waals surface area contributed by atoms with Gasteiger partial charge in [0.1, 0.15) is 11.5 Å². The van der Waals surface area contributed by atoms with Gasteiger partial charge in [-0.2, -0.15) is 0 Å². The molecule has 0 aliphatic carbocycles. The van der Waals surface area contributed by atoms with Gasteiger partial charge in [0, 0.05) is 42.2 Å². The second-order valence-corrected chi connectivity index (χ2v) is 9.75. The maximum absolute atomic E-state index is 13.4. The molecule has 0 fully saturated rings. The highest BCUT2D eigenvalue weighted by Crippen LogP contribution is 2.25. The topological polar surface area (TPSA) is 84.4 Å². The van der Waals surface area contributed by atoms with Gasteiger partial charge in [0.05, 0.1) is 11.8 Å². The van der Waals surface area contributed by atoms with Crippen LogP contribution in [-0.2, 0) is 4.74 Å². The molecule has 3 aromatic carbocycles. The van der Waals surface area contributed by atoms with Gasteiger partial charge in [-0.3, -0.25) is 9.59 Å². The summed E-state index contributed by atoms with van der Waals surface area (Å²) in [5, 5.41) is 3.59. The summed E-state index contributed by atoms with van der Waals surface area (Å²) >= 11 is 0. The zero-order valence-corrected chi connectivity index (χ0v) is 23.6. The second kappa shape index (κ2) is 12.8. The fraction of sp³-hybridized carbons (Fsp3) is 0.212. The summed E-state index contributed by atoms with van der Waals surface area (Å²) in [6.45, 7) is 8.37. The largest absolute Gasteiger partial charge is 0.470 e. The normalized spacial score (nSPS) is 10.9. The SMILES string of the molecule is C/C=C\OC(CCN(C)C(=O)c1ccc(NC(=O)c2nc(-c3ccccc3C)nc3ccccc23)cc1)=C(C)C. The van der Waals surface area contributed by atoms with Crippen molar-refractivity contribution >= 4 is 28.4 Å². The van der Waals surface area contributed by atoms with Crippen LogP contribution in [0.3, 0.4) is 0 Å². The zero-order chi connectivity index (χ0) is 28.6. The molecule has 7 heteroatoms. The number of allylic oxidation sites excluding steroid dienone is 2. The van der Waals surface area contributed by atoms with Crippen LogP contribution in [0, 0.1) is 6.92 Å². The molecule has 0 unspecified atom stereocenters. The van der Waals surface area contributed by atoms with E-state index in [4.69, 9.17) is 9.72 Å². The van der Waals surface area contributed by atoms with Gasteiger partial charge in [-0.1, -0.05) is 48.5 Å². The third-order valence-electron chi connectivity index (χ3n) is 6.52. The van der Waals surface area contributed by atoms with Crippen molar-refractivity contribution < 1.29 is 14.3 Å². The lowest BCUT2D eigenvalue weighted by Crippen LogP contribution is -2.28. The Hall–Kier alpha value is -4.78. The second-order valence-electron chi connectivity index (χ2n) is 9.75. The first-order valence-corrected chi connectivity index (χ1v) is 13.2. The van der Waals surface area contributed by atoms with E-state index in [1.165, 1.54) is 0 Å². The van der Waals surface area contributed by atoms with Crippen LogP contribution >= 0.6 is 0 Å². The molecule has 204 valence electrons. The highest BCUT2D eigenvalue weighted by Gasteiger charge is 2.18. The Morgan fingerprint density at radius 1 is 0.950 bits per heavy atom. The fourth-order valence-corrected chi connectivity index (χ4v) is 4.25. The first-order chi connectivity index (χ1) is 19.3. The Bertz CT molecular complexity index is 1590. The van der Waals surface area contributed by atoms with Crippen molar-refractivity contribution in [1.29, 1.82) is 0 Å². The van der Waals surface area contributed by atoms with Gasteiger partial charge in [0.2, 0.25) is 0 Å². The van der Waals surface area contributed by atoms with E-state index in [2.05, 4.69) is 10.3 Å². The van der Waals surface area contributed by atoms with E-state index in [1.54, 1.807) is 42.5 Å². The van der Waals surface area contributed by atoms with E-state index in [1.807, 2.05) is 82.3 Å². The molecule has 40 heavy (non-hydrogen) atoms. The van der Waals surface area contributed by atoms with E-state index in [0.717, 1.165) is 22.5 Å². The molecule has 1 heterocycles. The predicted molar refractivity (Wildman–Crippen MR) is 160 cm³/mol. The van der Waals surface area contributed by atoms with Crippen molar-refractivity contribution in [2.75, 3.05) is 18.9 Å². The number of nitrogens with zero attached hydrogens (tertiary/aromatic N) is 3. The van der Waals surface area contributed by atoms with Crippen LogP contribution in [0.1, 0.15) is 53.6 Å². The van der Waals surface area contributed by atoms with Crippen molar-refractivity contribution in [3.05, 3.63) is 113 Å². The summed E-state index contributed by atoms with van der Waals surface area (Å²) in [4.78, 5) is 37.4. The third-order valence-corrected chi connectivity index (χ3v) is 6.52. The minimum atomic E-state index is -0.347. The molecule has 0 spiro atoms. The van der Waals surface area contributed by atoms with Gasteiger partial charge in [-0.05, 0) is 69.2 Å². The van der Waals surface area contributed by atoms with Gasteiger partial charge < -0.3 is 15.0 Å². The Morgan fingerprint density at radius 3 is 2.35 bits per heavy atom. The summed E-state index contributed by atoms with van der Waals surface area (Å²) in [5.74, 6) is 0.888. The van der Waals surface area contributed by atoms with Crippen LogP contribution in [-0.4, -0.2) is 40.3 Å². The molecule has 7 nitrogen and oxygen atoms in total. The monoisotopic (exact) mass is 534 g/mol.